The number of hydrogen-bond acceptors (Lipinski definition) is 5. The molecule has 1 amide bonds. The van der Waals surface area contributed by atoms with Gasteiger partial charge in [-0.3, -0.25) is 9.59 Å². The number of aromatic nitrogens is 2. The lowest BCUT2D eigenvalue weighted by molar-refractivity contribution is -0.0716. The summed E-state index contributed by atoms with van der Waals surface area (Å²) in [6.07, 6.45) is 3.92. The van der Waals surface area contributed by atoms with Gasteiger partial charge in [-0.2, -0.15) is 5.10 Å². The molecule has 1 saturated carbocycles. The van der Waals surface area contributed by atoms with Crippen LogP contribution in [0.3, 0.4) is 0 Å². The van der Waals surface area contributed by atoms with Crippen LogP contribution >= 0.6 is 0 Å². The molecule has 5 rings (SSSR count). The maximum Gasteiger partial charge on any atom is 0.276 e. The van der Waals surface area contributed by atoms with E-state index in [-0.39, 0.29) is 17.2 Å². The molecule has 3 aromatic rings. The largest absolute Gasteiger partial charge is 0.448 e. The Bertz CT molecular complexity index is 1160. The third kappa shape index (κ3) is 2.62. The molecule has 1 N–H and O–H groups in total. The maximum atomic E-state index is 12.9. The first-order valence-electron chi connectivity index (χ1n) is 9.34. The molecule has 7 nitrogen and oxygen atoms in total. The number of carbonyl (C=O) groups excluding carboxylic acids is 1. The van der Waals surface area contributed by atoms with E-state index >= 15 is 0 Å². The van der Waals surface area contributed by atoms with Crippen LogP contribution in [0.2, 0.25) is 0 Å². The van der Waals surface area contributed by atoms with Crippen molar-refractivity contribution in [2.24, 2.45) is 7.05 Å². The second-order valence-corrected chi connectivity index (χ2v) is 7.26. The van der Waals surface area contributed by atoms with Crippen LogP contribution in [-0.4, -0.2) is 21.5 Å². The average Bonchev–Trinajstić information content (AvgIpc) is 3.30. The highest BCUT2D eigenvalue weighted by molar-refractivity contribution is 6.11. The number of aryl methyl sites for hydroxylation is 1. The van der Waals surface area contributed by atoms with Crippen LogP contribution in [0, 0.1) is 0 Å². The van der Waals surface area contributed by atoms with Crippen molar-refractivity contribution in [3.63, 3.8) is 0 Å². The van der Waals surface area contributed by atoms with E-state index in [0.717, 1.165) is 25.7 Å². The molecule has 0 unspecified atom stereocenters. The van der Waals surface area contributed by atoms with Gasteiger partial charge in [-0.1, -0.05) is 18.2 Å². The number of amides is 1. The number of ether oxygens (including phenoxy) is 2. The molecule has 7 heteroatoms. The molecule has 1 spiro atoms. The van der Waals surface area contributed by atoms with Gasteiger partial charge in [0.25, 0.3) is 17.3 Å². The molecule has 1 fully saturated rings. The van der Waals surface area contributed by atoms with E-state index in [0.29, 0.717) is 28.0 Å². The number of nitrogens with one attached hydrogen (secondary N) is 1. The lowest BCUT2D eigenvalue weighted by atomic mass is 10.1. The van der Waals surface area contributed by atoms with Gasteiger partial charge >= 0.3 is 0 Å². The fourth-order valence-electron chi connectivity index (χ4n) is 3.95. The van der Waals surface area contributed by atoms with Crippen LogP contribution < -0.4 is 20.3 Å². The lowest BCUT2D eigenvalue weighted by Gasteiger charge is -2.21. The summed E-state index contributed by atoms with van der Waals surface area (Å²) in [5.74, 6) is 0.408. The first kappa shape index (κ1) is 16.8. The molecule has 1 aliphatic heterocycles. The maximum absolute atomic E-state index is 12.9. The summed E-state index contributed by atoms with van der Waals surface area (Å²) in [7, 11) is 1.53. The first-order chi connectivity index (χ1) is 13.5. The molecule has 142 valence electrons. The van der Waals surface area contributed by atoms with E-state index in [9.17, 15) is 9.59 Å². The molecular weight excluding hydrogens is 358 g/mol. The zero-order valence-electron chi connectivity index (χ0n) is 15.4. The Balaban J connectivity index is 1.46. The minimum atomic E-state index is -0.541. The van der Waals surface area contributed by atoms with Crippen molar-refractivity contribution in [3.8, 4) is 11.5 Å². The third-order valence-corrected chi connectivity index (χ3v) is 5.33. The molecule has 1 aliphatic carbocycles. The van der Waals surface area contributed by atoms with Gasteiger partial charge in [0, 0.05) is 37.0 Å². The zero-order valence-corrected chi connectivity index (χ0v) is 15.4. The number of fused-ring (bicyclic) bond motifs is 2. The summed E-state index contributed by atoms with van der Waals surface area (Å²) < 4.78 is 13.2. The Hall–Kier alpha value is -3.35. The van der Waals surface area contributed by atoms with E-state index in [1.54, 1.807) is 36.4 Å². The van der Waals surface area contributed by atoms with E-state index in [1.807, 2.05) is 6.07 Å². The molecule has 2 aromatic carbocycles. The summed E-state index contributed by atoms with van der Waals surface area (Å²) in [5.41, 5.74) is 0.543. The van der Waals surface area contributed by atoms with E-state index in [1.165, 1.54) is 11.7 Å². The third-order valence-electron chi connectivity index (χ3n) is 5.33. The normalized spacial score (nSPS) is 16.6. The smallest absolute Gasteiger partial charge is 0.276 e. The van der Waals surface area contributed by atoms with Crippen LogP contribution in [0.4, 0.5) is 5.69 Å². The second kappa shape index (κ2) is 6.09. The molecule has 0 atom stereocenters. The van der Waals surface area contributed by atoms with Crippen LogP contribution in [0.5, 0.6) is 11.5 Å². The molecule has 0 saturated heterocycles. The average molecular weight is 377 g/mol. The van der Waals surface area contributed by atoms with Crippen molar-refractivity contribution in [3.05, 3.63) is 58.5 Å². The van der Waals surface area contributed by atoms with Crippen molar-refractivity contribution in [1.29, 1.82) is 0 Å². The predicted octanol–water partition coefficient (Wildman–Crippen LogP) is 3.23. The van der Waals surface area contributed by atoms with Crippen LogP contribution in [-0.2, 0) is 7.05 Å². The van der Waals surface area contributed by atoms with Gasteiger partial charge < -0.3 is 14.8 Å². The Morgan fingerprint density at radius 1 is 1.07 bits per heavy atom. The quantitative estimate of drug-likeness (QED) is 0.741. The van der Waals surface area contributed by atoms with Crippen molar-refractivity contribution in [1.82, 2.24) is 9.78 Å². The topological polar surface area (TPSA) is 82.5 Å². The Morgan fingerprint density at radius 2 is 1.79 bits per heavy atom. The molecule has 28 heavy (non-hydrogen) atoms. The number of hydrogen-bond donors (Lipinski definition) is 1. The lowest BCUT2D eigenvalue weighted by Crippen LogP contribution is -2.34. The number of anilines is 1. The number of carbonyl (C=O) groups is 1. The highest BCUT2D eigenvalue weighted by Gasteiger charge is 2.44. The molecule has 0 radical (unpaired) electrons. The highest BCUT2D eigenvalue weighted by Crippen LogP contribution is 2.47. The Kier molecular flexibility index (Phi) is 3.65. The number of nitrogens with zero attached hydrogens (tertiary/aromatic N) is 2. The number of benzene rings is 2. The number of rotatable bonds is 2. The minimum absolute atomic E-state index is 0.197. The summed E-state index contributed by atoms with van der Waals surface area (Å²) in [6, 6.07) is 12.3. The van der Waals surface area contributed by atoms with Gasteiger partial charge in [-0.15, -0.1) is 0 Å². The van der Waals surface area contributed by atoms with Gasteiger partial charge in [0.15, 0.2) is 17.2 Å². The van der Waals surface area contributed by atoms with E-state index in [4.69, 9.17) is 9.47 Å². The highest BCUT2D eigenvalue weighted by atomic mass is 16.7. The van der Waals surface area contributed by atoms with Gasteiger partial charge in [0.2, 0.25) is 0 Å². The Morgan fingerprint density at radius 3 is 2.57 bits per heavy atom. The van der Waals surface area contributed by atoms with Gasteiger partial charge in [-0.05, 0) is 31.0 Å². The fourth-order valence-corrected chi connectivity index (χ4v) is 3.95. The predicted molar refractivity (Wildman–Crippen MR) is 104 cm³/mol. The molecule has 0 bridgehead atoms. The molecule has 1 aromatic heterocycles. The van der Waals surface area contributed by atoms with Gasteiger partial charge in [-0.25, -0.2) is 4.68 Å². The molecular formula is C21H19N3O4. The summed E-state index contributed by atoms with van der Waals surface area (Å²) in [5, 5.41) is 8.00. The summed E-state index contributed by atoms with van der Waals surface area (Å²) in [6.45, 7) is 0. The summed E-state index contributed by atoms with van der Waals surface area (Å²) in [4.78, 5) is 25.1. The van der Waals surface area contributed by atoms with E-state index < -0.39 is 5.79 Å². The Labute approximate surface area is 160 Å². The van der Waals surface area contributed by atoms with Crippen molar-refractivity contribution in [2.45, 2.75) is 31.5 Å². The van der Waals surface area contributed by atoms with Crippen molar-refractivity contribution < 1.29 is 14.3 Å². The monoisotopic (exact) mass is 377 g/mol. The van der Waals surface area contributed by atoms with Crippen molar-refractivity contribution in [2.75, 3.05) is 5.32 Å². The molecule has 2 aliphatic rings. The molecule has 2 heterocycles. The van der Waals surface area contributed by atoms with Crippen molar-refractivity contribution >= 4 is 22.4 Å². The zero-order chi connectivity index (χ0) is 19.3. The van der Waals surface area contributed by atoms with Crippen LogP contribution in [0.25, 0.3) is 10.8 Å². The summed E-state index contributed by atoms with van der Waals surface area (Å²) >= 11 is 0. The SMILES string of the molecule is Cn1nc(C(=O)Nc2ccc3c(c2)OC2(CCCC2)O3)c2ccccc2c1=O. The first-order valence-corrected chi connectivity index (χ1v) is 9.34. The van der Waals surface area contributed by atoms with Gasteiger partial charge in [0.1, 0.15) is 0 Å². The standard InChI is InChI=1S/C21H19N3O4/c1-24-20(26)15-7-3-2-6-14(15)18(23-24)19(25)22-13-8-9-16-17(12-13)28-21(27-16)10-4-5-11-21/h2-3,6-9,12H,4-5,10-11H2,1H3,(H,22,25). The van der Waals surface area contributed by atoms with E-state index in [2.05, 4.69) is 10.4 Å². The fraction of sp³-hybridized carbons (Fsp3) is 0.286. The van der Waals surface area contributed by atoms with Crippen LogP contribution in [0.1, 0.15) is 36.2 Å². The minimum Gasteiger partial charge on any atom is -0.448 e. The second-order valence-electron chi connectivity index (χ2n) is 7.26. The van der Waals surface area contributed by atoms with Crippen LogP contribution in [0.15, 0.2) is 47.3 Å². The van der Waals surface area contributed by atoms with Gasteiger partial charge in [0.05, 0.1) is 5.39 Å².